The van der Waals surface area contributed by atoms with Gasteiger partial charge in [-0.05, 0) is 0 Å². The van der Waals surface area contributed by atoms with E-state index in [0.29, 0.717) is 0 Å². The van der Waals surface area contributed by atoms with Gasteiger partial charge in [0.05, 0.1) is 5.09 Å². The molecule has 0 aliphatic carbocycles. The van der Waals surface area contributed by atoms with Gasteiger partial charge in [-0.15, -0.1) is 0 Å². The Morgan fingerprint density at radius 3 is 0.889 bits per heavy atom. The Balaban J connectivity index is -0.00000000450. The molecule has 8 nitrogen and oxygen atoms in total. The van der Waals surface area contributed by atoms with Crippen LogP contribution in [0.1, 0.15) is 0 Å². The molecule has 0 spiro atoms. The van der Waals surface area contributed by atoms with Gasteiger partial charge in [-0.2, -0.15) is 0 Å². The third-order valence-corrected chi connectivity index (χ3v) is 0. The fourth-order valence-corrected chi connectivity index (χ4v) is 0. The number of rotatable bonds is 0. The average Bonchev–Trinajstić information content (AvgIpc) is 0.811. The van der Waals surface area contributed by atoms with Crippen molar-refractivity contribution in [2.45, 2.75) is 0 Å². The van der Waals surface area contributed by atoms with Gasteiger partial charge in [-0.1, -0.05) is 0 Å². The Morgan fingerprint density at radius 1 is 0.889 bits per heavy atom. The molecule has 0 aromatic heterocycles. The summed E-state index contributed by atoms with van der Waals surface area (Å²) < 4.78 is 0. The molecule has 0 aromatic carbocycles. The molecule has 59 valence electrons. The molecule has 0 rings (SSSR count). The minimum Gasteiger partial charge on any atom is -0.412 e. The third-order valence-electron chi connectivity index (χ3n) is 0. The van der Waals surface area contributed by atoms with Gasteiger partial charge in [-0.3, -0.25) is 0 Å². The minimum absolute atomic E-state index is 0. The van der Waals surface area contributed by atoms with E-state index in [-0.39, 0.29) is 47.7 Å². The van der Waals surface area contributed by atoms with E-state index in [9.17, 15) is 0 Å². The van der Waals surface area contributed by atoms with Crippen molar-refractivity contribution in [3.05, 3.63) is 15.3 Å². The molecular formula is H8NO7Sc-. The molecule has 8 N–H and O–H groups in total. The van der Waals surface area contributed by atoms with E-state index >= 15 is 0 Å². The van der Waals surface area contributed by atoms with Gasteiger partial charge >= 0.3 is 0 Å². The predicted molar refractivity (Wildman–Crippen MR) is 24.8 cm³/mol. The molecule has 0 heterocycles. The van der Waals surface area contributed by atoms with E-state index in [2.05, 4.69) is 0 Å². The maximum absolute atomic E-state index is 8.25. The largest absolute Gasteiger partial charge is 0.412 e. The third kappa shape index (κ3) is 34200. The molecule has 0 saturated carbocycles. The van der Waals surface area contributed by atoms with E-state index in [1.807, 2.05) is 0 Å². The Kier molecular flexibility index (Phi) is 326. The van der Waals surface area contributed by atoms with Crippen LogP contribution in [0, 0.1) is 15.3 Å². The summed E-state index contributed by atoms with van der Waals surface area (Å²) in [6.07, 6.45) is 0. The molecule has 9 heavy (non-hydrogen) atoms. The van der Waals surface area contributed by atoms with Crippen molar-refractivity contribution in [1.82, 2.24) is 0 Å². The van der Waals surface area contributed by atoms with Crippen molar-refractivity contribution in [3.8, 4) is 0 Å². The zero-order valence-corrected chi connectivity index (χ0v) is 6.05. The first-order valence-electron chi connectivity index (χ1n) is 0.548. The van der Waals surface area contributed by atoms with Crippen LogP contribution in [0.2, 0.25) is 0 Å². The van der Waals surface area contributed by atoms with Crippen LogP contribution < -0.4 is 0 Å². The van der Waals surface area contributed by atoms with Gasteiger partial charge in [0.25, 0.3) is 0 Å². The molecule has 0 aliphatic rings. The maximum Gasteiger partial charge on any atom is 0.0689 e. The van der Waals surface area contributed by atoms with Crippen molar-refractivity contribution in [2.24, 2.45) is 0 Å². The molecule has 9 heteroatoms. The van der Waals surface area contributed by atoms with Gasteiger partial charge in [0.1, 0.15) is 0 Å². The second-order valence-corrected chi connectivity index (χ2v) is 0.224. The molecule has 0 bridgehead atoms. The van der Waals surface area contributed by atoms with Crippen LogP contribution in [0.15, 0.2) is 0 Å². The first kappa shape index (κ1) is 65.8. The van der Waals surface area contributed by atoms with E-state index < -0.39 is 5.09 Å². The summed E-state index contributed by atoms with van der Waals surface area (Å²) >= 11 is 0. The summed E-state index contributed by atoms with van der Waals surface area (Å²) in [6.45, 7) is 0. The van der Waals surface area contributed by atoms with Crippen molar-refractivity contribution < 1.29 is 52.8 Å². The molecular weight excluding hydrogens is 171 g/mol. The van der Waals surface area contributed by atoms with Gasteiger partial charge in [0, 0.05) is 25.8 Å². The van der Waals surface area contributed by atoms with E-state index in [1.165, 1.54) is 0 Å². The zero-order chi connectivity index (χ0) is 3.58. The first-order chi connectivity index (χ1) is 1.73. The molecule has 1 radical (unpaired) electrons. The van der Waals surface area contributed by atoms with Crippen molar-refractivity contribution in [3.63, 3.8) is 0 Å². The normalized spacial score (nSPS) is 2.67. The Morgan fingerprint density at radius 2 is 0.889 bits per heavy atom. The van der Waals surface area contributed by atoms with Gasteiger partial charge in [0.2, 0.25) is 0 Å². The van der Waals surface area contributed by atoms with Gasteiger partial charge in [-0.25, -0.2) is 0 Å². The molecule has 0 fully saturated rings. The fourth-order valence-electron chi connectivity index (χ4n) is 0. The zero-order valence-electron chi connectivity index (χ0n) is 4.25. The van der Waals surface area contributed by atoms with Crippen LogP contribution in [0.4, 0.5) is 0 Å². The van der Waals surface area contributed by atoms with Crippen LogP contribution in [-0.2, 0) is 25.8 Å². The molecule has 0 unspecified atom stereocenters. The maximum atomic E-state index is 8.25. The Hall–Kier alpha value is -0.0899. The standard InChI is InChI=1S/NO3.4H2O.Sc/c2-1(3)4;;;;;/h;4*1H2;/q-1;;;;;. The quantitative estimate of drug-likeness (QED) is 0.275. The van der Waals surface area contributed by atoms with Crippen LogP contribution in [0.25, 0.3) is 0 Å². The smallest absolute Gasteiger partial charge is 0.0689 e. The SMILES string of the molecule is O.O.O.O.O=[N+]([O-])[O-].[Sc]. The predicted octanol–water partition coefficient (Wildman–Crippen LogP) is -3.54. The Labute approximate surface area is 68.6 Å². The Bertz CT molecular complexity index is 31.9. The van der Waals surface area contributed by atoms with Crippen molar-refractivity contribution in [2.75, 3.05) is 0 Å². The van der Waals surface area contributed by atoms with Crippen LogP contribution in [0.3, 0.4) is 0 Å². The van der Waals surface area contributed by atoms with Gasteiger partial charge < -0.3 is 37.2 Å². The molecule has 0 saturated heterocycles. The van der Waals surface area contributed by atoms with E-state index in [1.54, 1.807) is 0 Å². The van der Waals surface area contributed by atoms with Crippen LogP contribution in [0.5, 0.6) is 0 Å². The second kappa shape index (κ2) is 44.6. The van der Waals surface area contributed by atoms with Crippen LogP contribution in [-0.4, -0.2) is 27.0 Å². The van der Waals surface area contributed by atoms with E-state index in [4.69, 9.17) is 15.3 Å². The summed E-state index contributed by atoms with van der Waals surface area (Å²) in [6, 6.07) is 0. The molecule has 0 atom stereocenters. The minimum atomic E-state index is -1.75. The van der Waals surface area contributed by atoms with Crippen molar-refractivity contribution >= 4 is 0 Å². The van der Waals surface area contributed by atoms with Gasteiger partial charge in [0.15, 0.2) is 0 Å². The van der Waals surface area contributed by atoms with E-state index in [0.717, 1.165) is 0 Å². The monoisotopic (exact) mass is 179 g/mol. The molecule has 0 amide bonds. The molecule has 0 aliphatic heterocycles. The number of nitrogens with zero attached hydrogens (tertiary/aromatic N) is 1. The second-order valence-electron chi connectivity index (χ2n) is 0.224. The summed E-state index contributed by atoms with van der Waals surface area (Å²) in [5, 5.41) is 14.8. The topological polar surface area (TPSA) is 192 Å². The summed E-state index contributed by atoms with van der Waals surface area (Å²) in [5.74, 6) is 0. The van der Waals surface area contributed by atoms with Crippen molar-refractivity contribution in [1.29, 1.82) is 0 Å². The summed E-state index contributed by atoms with van der Waals surface area (Å²) in [5.41, 5.74) is 0. The summed E-state index contributed by atoms with van der Waals surface area (Å²) in [4.78, 5) is 8.25. The fraction of sp³-hybridized carbons (Fsp3) is 0. The summed E-state index contributed by atoms with van der Waals surface area (Å²) in [7, 11) is 0. The first-order valence-corrected chi connectivity index (χ1v) is 0.548. The van der Waals surface area contributed by atoms with Crippen LogP contribution >= 0.6 is 0 Å². The molecule has 0 aromatic rings. The number of hydrogen-bond donors (Lipinski definition) is 0. The average molecular weight is 179 g/mol. The number of hydrogen-bond acceptors (Lipinski definition) is 3.